The number of hydrogen-bond donors (Lipinski definition) is 1. The molecule has 5 heteroatoms. The molecule has 0 aliphatic heterocycles. The number of rotatable bonds is 4. The van der Waals surface area contributed by atoms with E-state index >= 15 is 0 Å². The second kappa shape index (κ2) is 5.37. The summed E-state index contributed by atoms with van der Waals surface area (Å²) >= 11 is 5.76. The Balaban J connectivity index is 3.34. The minimum Gasteiger partial charge on any atom is -0.493 e. The normalized spacial score (nSPS) is 12.4. The molecule has 0 aliphatic carbocycles. The van der Waals surface area contributed by atoms with Gasteiger partial charge in [0, 0.05) is 17.7 Å². The van der Waals surface area contributed by atoms with E-state index in [1.54, 1.807) is 6.92 Å². The van der Waals surface area contributed by atoms with Crippen molar-refractivity contribution in [1.29, 1.82) is 0 Å². The molecule has 0 fully saturated rings. The summed E-state index contributed by atoms with van der Waals surface area (Å²) in [6.45, 7) is 1.78. The summed E-state index contributed by atoms with van der Waals surface area (Å²) in [7, 11) is 2.93. The zero-order valence-corrected chi connectivity index (χ0v) is 10.3. The van der Waals surface area contributed by atoms with Crippen molar-refractivity contribution in [1.82, 2.24) is 0 Å². The molecule has 1 aromatic carbocycles. The van der Waals surface area contributed by atoms with Crippen molar-refractivity contribution in [2.24, 2.45) is 5.73 Å². The molecule has 0 aliphatic rings. The number of halogens is 2. The SMILES string of the molecule is COc1cc(Cl)c(F)c(CC(C)N)c1OC. The first-order valence-corrected chi connectivity index (χ1v) is 5.23. The molecule has 0 aromatic heterocycles. The maximum atomic E-state index is 13.8. The van der Waals surface area contributed by atoms with Gasteiger partial charge in [-0.15, -0.1) is 0 Å². The summed E-state index contributed by atoms with van der Waals surface area (Å²) in [5.74, 6) is 0.253. The second-order valence-corrected chi connectivity index (χ2v) is 3.98. The zero-order valence-electron chi connectivity index (χ0n) is 9.51. The van der Waals surface area contributed by atoms with Gasteiger partial charge in [-0.1, -0.05) is 11.6 Å². The maximum Gasteiger partial charge on any atom is 0.166 e. The van der Waals surface area contributed by atoms with Crippen LogP contribution in [0, 0.1) is 5.82 Å². The van der Waals surface area contributed by atoms with E-state index in [1.807, 2.05) is 0 Å². The monoisotopic (exact) mass is 247 g/mol. The van der Waals surface area contributed by atoms with Crippen molar-refractivity contribution in [3.8, 4) is 11.5 Å². The number of ether oxygens (including phenoxy) is 2. The van der Waals surface area contributed by atoms with Crippen LogP contribution in [-0.2, 0) is 6.42 Å². The van der Waals surface area contributed by atoms with E-state index in [2.05, 4.69) is 0 Å². The molecule has 2 N–H and O–H groups in total. The lowest BCUT2D eigenvalue weighted by Gasteiger charge is -2.16. The van der Waals surface area contributed by atoms with Crippen LogP contribution in [0.1, 0.15) is 12.5 Å². The summed E-state index contributed by atoms with van der Waals surface area (Å²) in [5.41, 5.74) is 6.00. The molecule has 0 heterocycles. The molecule has 0 bridgehead atoms. The van der Waals surface area contributed by atoms with Crippen LogP contribution in [0.15, 0.2) is 6.07 Å². The van der Waals surface area contributed by atoms with E-state index in [1.165, 1.54) is 20.3 Å². The lowest BCUT2D eigenvalue weighted by molar-refractivity contribution is 0.347. The van der Waals surface area contributed by atoms with Crippen LogP contribution in [-0.4, -0.2) is 20.3 Å². The highest BCUT2D eigenvalue weighted by atomic mass is 35.5. The molecule has 1 atom stereocenters. The molecule has 0 spiro atoms. The molecular weight excluding hydrogens is 233 g/mol. The third-order valence-corrected chi connectivity index (χ3v) is 2.46. The van der Waals surface area contributed by atoms with Crippen molar-refractivity contribution in [3.63, 3.8) is 0 Å². The number of methoxy groups -OCH3 is 2. The summed E-state index contributed by atoms with van der Waals surface area (Å²) in [6.07, 6.45) is 0.339. The van der Waals surface area contributed by atoms with Crippen LogP contribution < -0.4 is 15.2 Å². The first-order chi connectivity index (χ1) is 7.51. The molecule has 3 nitrogen and oxygen atoms in total. The molecular formula is C11H15ClFNO2. The first kappa shape index (κ1) is 13.1. The molecule has 1 unspecified atom stereocenters. The number of benzene rings is 1. The Hall–Kier alpha value is -1.00. The Labute approximate surface area is 99.3 Å². The largest absolute Gasteiger partial charge is 0.493 e. The van der Waals surface area contributed by atoms with E-state index in [-0.39, 0.29) is 11.1 Å². The van der Waals surface area contributed by atoms with E-state index in [0.717, 1.165) is 0 Å². The average molecular weight is 248 g/mol. The summed E-state index contributed by atoms with van der Waals surface area (Å²) in [5, 5.41) is 0.00769. The summed E-state index contributed by atoms with van der Waals surface area (Å²) in [6, 6.07) is 1.20. The van der Waals surface area contributed by atoms with Gasteiger partial charge >= 0.3 is 0 Å². The highest BCUT2D eigenvalue weighted by Crippen LogP contribution is 2.37. The Kier molecular flexibility index (Phi) is 4.38. The third kappa shape index (κ3) is 2.57. The smallest absolute Gasteiger partial charge is 0.166 e. The van der Waals surface area contributed by atoms with Crippen LogP contribution >= 0.6 is 11.6 Å². The molecule has 0 saturated carbocycles. The standard InChI is InChI=1S/C11H15ClFNO2/c1-6(14)4-7-10(13)8(12)5-9(15-2)11(7)16-3/h5-6H,4,14H2,1-3H3. The Morgan fingerprint density at radius 2 is 2.06 bits per heavy atom. The van der Waals surface area contributed by atoms with Crippen LogP contribution in [0.2, 0.25) is 5.02 Å². The van der Waals surface area contributed by atoms with Crippen LogP contribution in [0.25, 0.3) is 0 Å². The molecule has 0 amide bonds. The zero-order chi connectivity index (χ0) is 12.3. The van der Waals surface area contributed by atoms with Crippen molar-refractivity contribution < 1.29 is 13.9 Å². The number of nitrogens with two attached hydrogens (primary N) is 1. The fraction of sp³-hybridized carbons (Fsp3) is 0.455. The van der Waals surface area contributed by atoms with Gasteiger partial charge in [-0.2, -0.15) is 0 Å². The predicted molar refractivity (Wildman–Crippen MR) is 61.9 cm³/mol. The minimum absolute atomic E-state index is 0.00769. The summed E-state index contributed by atoms with van der Waals surface area (Å²) in [4.78, 5) is 0. The predicted octanol–water partition coefficient (Wildman–Crippen LogP) is 2.39. The van der Waals surface area contributed by atoms with Gasteiger partial charge in [0.15, 0.2) is 11.5 Å². The van der Waals surface area contributed by atoms with Gasteiger partial charge in [0.2, 0.25) is 0 Å². The Morgan fingerprint density at radius 3 is 2.50 bits per heavy atom. The van der Waals surface area contributed by atoms with Gasteiger partial charge in [0.05, 0.1) is 19.2 Å². The van der Waals surface area contributed by atoms with Crippen molar-refractivity contribution >= 4 is 11.6 Å². The highest BCUT2D eigenvalue weighted by molar-refractivity contribution is 6.31. The van der Waals surface area contributed by atoms with Gasteiger partial charge in [0.25, 0.3) is 0 Å². The Morgan fingerprint density at radius 1 is 1.44 bits per heavy atom. The van der Waals surface area contributed by atoms with Gasteiger partial charge in [-0.25, -0.2) is 4.39 Å². The highest BCUT2D eigenvalue weighted by Gasteiger charge is 2.19. The molecule has 1 rings (SSSR count). The minimum atomic E-state index is -0.503. The third-order valence-electron chi connectivity index (χ3n) is 2.18. The molecule has 0 radical (unpaired) electrons. The fourth-order valence-electron chi connectivity index (χ4n) is 1.52. The van der Waals surface area contributed by atoms with E-state index in [4.69, 9.17) is 26.8 Å². The number of hydrogen-bond acceptors (Lipinski definition) is 3. The fourth-order valence-corrected chi connectivity index (χ4v) is 1.73. The lowest BCUT2D eigenvalue weighted by atomic mass is 10.1. The van der Waals surface area contributed by atoms with Crippen LogP contribution in [0.5, 0.6) is 11.5 Å². The van der Waals surface area contributed by atoms with Crippen LogP contribution in [0.4, 0.5) is 4.39 Å². The van der Waals surface area contributed by atoms with Crippen molar-refractivity contribution in [2.45, 2.75) is 19.4 Å². The van der Waals surface area contributed by atoms with Crippen molar-refractivity contribution in [3.05, 3.63) is 22.5 Å². The average Bonchev–Trinajstić information content (AvgIpc) is 2.23. The topological polar surface area (TPSA) is 44.5 Å². The molecule has 16 heavy (non-hydrogen) atoms. The van der Waals surface area contributed by atoms with Gasteiger partial charge in [-0.05, 0) is 13.3 Å². The molecule has 0 saturated heterocycles. The van der Waals surface area contributed by atoms with E-state index in [9.17, 15) is 4.39 Å². The summed E-state index contributed by atoms with van der Waals surface area (Å²) < 4.78 is 24.0. The van der Waals surface area contributed by atoms with E-state index in [0.29, 0.717) is 23.5 Å². The quantitative estimate of drug-likeness (QED) is 0.889. The van der Waals surface area contributed by atoms with Gasteiger partial charge < -0.3 is 15.2 Å². The molecule has 1 aromatic rings. The lowest BCUT2D eigenvalue weighted by Crippen LogP contribution is -2.19. The molecule has 90 valence electrons. The maximum absolute atomic E-state index is 13.8. The second-order valence-electron chi connectivity index (χ2n) is 3.57. The first-order valence-electron chi connectivity index (χ1n) is 4.85. The Bertz CT molecular complexity index is 383. The van der Waals surface area contributed by atoms with E-state index < -0.39 is 5.82 Å². The van der Waals surface area contributed by atoms with Gasteiger partial charge in [-0.3, -0.25) is 0 Å². The van der Waals surface area contributed by atoms with Crippen molar-refractivity contribution in [2.75, 3.05) is 14.2 Å². The van der Waals surface area contributed by atoms with Crippen LogP contribution in [0.3, 0.4) is 0 Å². The van der Waals surface area contributed by atoms with Gasteiger partial charge in [0.1, 0.15) is 5.82 Å².